The molecule has 0 spiro atoms. The summed E-state index contributed by atoms with van der Waals surface area (Å²) in [5, 5.41) is 3.22. The van der Waals surface area contributed by atoms with Crippen molar-refractivity contribution in [1.29, 1.82) is 0 Å². The molecule has 1 aromatic carbocycles. The van der Waals surface area contributed by atoms with Gasteiger partial charge in [0.05, 0.1) is 10.6 Å². The molecule has 1 N–H and O–H groups in total. The second kappa shape index (κ2) is 7.04. The Balaban J connectivity index is 1.90. The van der Waals surface area contributed by atoms with E-state index in [1.54, 1.807) is 31.2 Å². The minimum absolute atomic E-state index is 0.105. The van der Waals surface area contributed by atoms with Crippen molar-refractivity contribution in [2.75, 3.05) is 31.9 Å². The third kappa shape index (κ3) is 4.28. The standard InChI is InChI=1S/C15H22N2O3S/c1-2-21(19,20)14-6-3-13(4-7-14)5-8-15(18)17-11-9-16-10-12-17/h3-4,6-7,16H,2,5,8-12H2,1H3. The SMILES string of the molecule is CCS(=O)(=O)c1ccc(CCC(=O)N2CCNCC2)cc1. The van der Waals surface area contributed by atoms with Crippen LogP contribution in [0.5, 0.6) is 0 Å². The molecular weight excluding hydrogens is 288 g/mol. The second-order valence-electron chi connectivity index (χ2n) is 5.18. The van der Waals surface area contributed by atoms with E-state index in [1.165, 1.54) is 0 Å². The molecule has 1 aliphatic rings. The third-order valence-electron chi connectivity index (χ3n) is 3.76. The monoisotopic (exact) mass is 310 g/mol. The molecule has 1 aromatic rings. The number of piperazine rings is 1. The van der Waals surface area contributed by atoms with Crippen LogP contribution in [0.4, 0.5) is 0 Å². The maximum absolute atomic E-state index is 12.0. The van der Waals surface area contributed by atoms with Gasteiger partial charge < -0.3 is 10.2 Å². The zero-order valence-electron chi connectivity index (χ0n) is 12.3. The summed E-state index contributed by atoms with van der Waals surface area (Å²) >= 11 is 0. The summed E-state index contributed by atoms with van der Waals surface area (Å²) in [4.78, 5) is 14.3. The lowest BCUT2D eigenvalue weighted by Crippen LogP contribution is -2.46. The van der Waals surface area contributed by atoms with Crippen molar-refractivity contribution < 1.29 is 13.2 Å². The number of carbonyl (C=O) groups is 1. The highest BCUT2D eigenvalue weighted by Gasteiger charge is 2.16. The zero-order chi connectivity index (χ0) is 15.3. The van der Waals surface area contributed by atoms with Crippen LogP contribution in [0.2, 0.25) is 0 Å². The molecule has 0 saturated carbocycles. The van der Waals surface area contributed by atoms with Crippen LogP contribution in [-0.2, 0) is 21.1 Å². The lowest BCUT2D eigenvalue weighted by molar-refractivity contribution is -0.131. The Hall–Kier alpha value is -1.40. The van der Waals surface area contributed by atoms with Crippen LogP contribution in [0.1, 0.15) is 18.9 Å². The fraction of sp³-hybridized carbons (Fsp3) is 0.533. The molecule has 0 aromatic heterocycles. The quantitative estimate of drug-likeness (QED) is 0.875. The Labute approximate surface area is 126 Å². The molecule has 0 atom stereocenters. The highest BCUT2D eigenvalue weighted by Crippen LogP contribution is 2.14. The van der Waals surface area contributed by atoms with Crippen molar-refractivity contribution in [1.82, 2.24) is 10.2 Å². The van der Waals surface area contributed by atoms with Gasteiger partial charge in [0.1, 0.15) is 0 Å². The molecule has 2 rings (SSSR count). The smallest absolute Gasteiger partial charge is 0.222 e. The van der Waals surface area contributed by atoms with Gasteiger partial charge in [0.15, 0.2) is 9.84 Å². The number of hydrogen-bond acceptors (Lipinski definition) is 4. The fourth-order valence-electron chi connectivity index (χ4n) is 2.35. The highest BCUT2D eigenvalue weighted by molar-refractivity contribution is 7.91. The second-order valence-corrected chi connectivity index (χ2v) is 7.46. The third-order valence-corrected chi connectivity index (χ3v) is 5.51. The van der Waals surface area contributed by atoms with E-state index in [9.17, 15) is 13.2 Å². The van der Waals surface area contributed by atoms with Crippen LogP contribution in [0, 0.1) is 0 Å². The number of nitrogens with zero attached hydrogens (tertiary/aromatic N) is 1. The first-order valence-electron chi connectivity index (χ1n) is 7.33. The van der Waals surface area contributed by atoms with Crippen LogP contribution in [0.25, 0.3) is 0 Å². The van der Waals surface area contributed by atoms with Crippen LogP contribution in [0.15, 0.2) is 29.2 Å². The molecule has 6 heteroatoms. The molecule has 5 nitrogen and oxygen atoms in total. The minimum atomic E-state index is -3.15. The average Bonchev–Trinajstić information content (AvgIpc) is 2.54. The van der Waals surface area contributed by atoms with E-state index >= 15 is 0 Å². The number of nitrogens with one attached hydrogen (secondary N) is 1. The van der Waals surface area contributed by atoms with E-state index in [0.29, 0.717) is 17.7 Å². The van der Waals surface area contributed by atoms with E-state index in [2.05, 4.69) is 5.32 Å². The molecule has 1 saturated heterocycles. The topological polar surface area (TPSA) is 66.5 Å². The Bertz CT molecular complexity index is 575. The molecule has 0 unspecified atom stereocenters. The summed E-state index contributed by atoms with van der Waals surface area (Å²) in [5.74, 6) is 0.273. The molecule has 1 fully saturated rings. The zero-order valence-corrected chi connectivity index (χ0v) is 13.2. The molecule has 1 heterocycles. The number of amides is 1. The maximum Gasteiger partial charge on any atom is 0.222 e. The Kier molecular flexibility index (Phi) is 5.36. The van der Waals surface area contributed by atoms with Gasteiger partial charge in [-0.3, -0.25) is 4.79 Å². The van der Waals surface area contributed by atoms with Crippen molar-refractivity contribution in [3.05, 3.63) is 29.8 Å². The van der Waals surface area contributed by atoms with E-state index < -0.39 is 9.84 Å². The van der Waals surface area contributed by atoms with Gasteiger partial charge in [-0.2, -0.15) is 0 Å². The Morgan fingerprint density at radius 2 is 1.81 bits per heavy atom. The Morgan fingerprint density at radius 3 is 2.38 bits per heavy atom. The van der Waals surface area contributed by atoms with E-state index in [0.717, 1.165) is 31.7 Å². The molecule has 0 bridgehead atoms. The molecule has 0 radical (unpaired) electrons. The number of benzene rings is 1. The van der Waals surface area contributed by atoms with Crippen molar-refractivity contribution in [2.24, 2.45) is 0 Å². The number of aryl methyl sites for hydroxylation is 1. The van der Waals surface area contributed by atoms with Gasteiger partial charge in [0.2, 0.25) is 5.91 Å². The first-order chi connectivity index (χ1) is 10.0. The van der Waals surface area contributed by atoms with Crippen molar-refractivity contribution in [3.8, 4) is 0 Å². The summed E-state index contributed by atoms with van der Waals surface area (Å²) in [6.45, 7) is 4.89. The average molecular weight is 310 g/mol. The number of sulfone groups is 1. The minimum Gasteiger partial charge on any atom is -0.340 e. The predicted octanol–water partition coefficient (Wildman–Crippen LogP) is 0.845. The first-order valence-corrected chi connectivity index (χ1v) is 8.98. The maximum atomic E-state index is 12.0. The summed E-state index contributed by atoms with van der Waals surface area (Å²) in [5.41, 5.74) is 0.994. The van der Waals surface area contributed by atoms with Crippen LogP contribution in [0.3, 0.4) is 0 Å². The molecule has 21 heavy (non-hydrogen) atoms. The molecule has 1 aliphatic heterocycles. The van der Waals surface area contributed by atoms with Crippen LogP contribution >= 0.6 is 0 Å². The first kappa shape index (κ1) is 16.0. The fourth-order valence-corrected chi connectivity index (χ4v) is 3.24. The van der Waals surface area contributed by atoms with Crippen LogP contribution in [-0.4, -0.2) is 51.2 Å². The molecular formula is C15H22N2O3S. The van der Waals surface area contributed by atoms with E-state index in [1.807, 2.05) is 4.90 Å². The predicted molar refractivity (Wildman–Crippen MR) is 81.9 cm³/mol. The van der Waals surface area contributed by atoms with Crippen molar-refractivity contribution >= 4 is 15.7 Å². The molecule has 116 valence electrons. The van der Waals surface area contributed by atoms with Crippen LogP contribution < -0.4 is 5.32 Å². The van der Waals surface area contributed by atoms with E-state index in [4.69, 9.17) is 0 Å². The van der Waals surface area contributed by atoms with Gasteiger partial charge >= 0.3 is 0 Å². The van der Waals surface area contributed by atoms with Gasteiger partial charge in [-0.15, -0.1) is 0 Å². The molecule has 0 aliphatic carbocycles. The van der Waals surface area contributed by atoms with Gasteiger partial charge in [0, 0.05) is 32.6 Å². The van der Waals surface area contributed by atoms with Crippen molar-refractivity contribution in [3.63, 3.8) is 0 Å². The van der Waals surface area contributed by atoms with Gasteiger partial charge in [-0.25, -0.2) is 8.42 Å². The van der Waals surface area contributed by atoms with Gasteiger partial charge in [-0.1, -0.05) is 19.1 Å². The summed E-state index contributed by atoms with van der Waals surface area (Å²) in [7, 11) is -3.15. The Morgan fingerprint density at radius 1 is 1.19 bits per heavy atom. The van der Waals surface area contributed by atoms with E-state index in [-0.39, 0.29) is 11.7 Å². The number of hydrogen-bond donors (Lipinski definition) is 1. The largest absolute Gasteiger partial charge is 0.340 e. The van der Waals surface area contributed by atoms with Gasteiger partial charge in [0.25, 0.3) is 0 Å². The summed E-state index contributed by atoms with van der Waals surface area (Å²) in [6, 6.07) is 6.86. The highest BCUT2D eigenvalue weighted by atomic mass is 32.2. The van der Waals surface area contributed by atoms with Crippen molar-refractivity contribution in [2.45, 2.75) is 24.7 Å². The molecule has 1 amide bonds. The number of carbonyl (C=O) groups excluding carboxylic acids is 1. The lowest BCUT2D eigenvalue weighted by Gasteiger charge is -2.27. The lowest BCUT2D eigenvalue weighted by atomic mass is 10.1. The summed E-state index contributed by atoms with van der Waals surface area (Å²) in [6.07, 6.45) is 1.12. The normalized spacial score (nSPS) is 16.0. The van der Waals surface area contributed by atoms with Gasteiger partial charge in [-0.05, 0) is 24.1 Å². The summed E-state index contributed by atoms with van der Waals surface area (Å²) < 4.78 is 23.4. The number of rotatable bonds is 5.